The number of hydrogen-bond donors (Lipinski definition) is 4. The standard InChI is InChI=1S/C16H17N5O5/c17-6-16(11-4-3-9-14(18)19-7-20-21(9)11)13(23)12(10(5-22)26-16)25-15(24)8-1-2-8/h3-4,7-8,10,12-13,22-23H,1-2,5H2,(H2,18,19,20)/t10-,12-,13-,16+/m1/s1/i3D. The van der Waals surface area contributed by atoms with Crippen LogP contribution in [0.4, 0.5) is 0 Å². The van der Waals surface area contributed by atoms with Gasteiger partial charge >= 0.3 is 5.97 Å². The third-order valence-corrected chi connectivity index (χ3v) is 4.74. The summed E-state index contributed by atoms with van der Waals surface area (Å²) < 4.78 is 20.3. The summed E-state index contributed by atoms with van der Waals surface area (Å²) in [5.41, 5.74) is -2.05. The molecule has 3 heterocycles. The van der Waals surface area contributed by atoms with E-state index in [9.17, 15) is 20.3 Å². The average molecular weight is 360 g/mol. The molecule has 4 N–H and O–H groups in total. The van der Waals surface area contributed by atoms with E-state index in [2.05, 4.69) is 10.1 Å². The molecule has 10 nitrogen and oxygen atoms in total. The van der Waals surface area contributed by atoms with Gasteiger partial charge in [0, 0.05) is 0 Å². The lowest BCUT2D eigenvalue weighted by Crippen LogP contribution is -2.43. The second-order valence-corrected chi connectivity index (χ2v) is 6.40. The van der Waals surface area contributed by atoms with Crippen molar-refractivity contribution in [3.63, 3.8) is 0 Å². The van der Waals surface area contributed by atoms with E-state index in [1.807, 2.05) is 6.07 Å². The number of aromatic amines is 1. The summed E-state index contributed by atoms with van der Waals surface area (Å²) in [5, 5.41) is 40.9. The molecule has 4 rings (SSSR count). The van der Waals surface area contributed by atoms with Crippen molar-refractivity contribution in [1.29, 1.82) is 10.7 Å². The van der Waals surface area contributed by atoms with Crippen LogP contribution < -0.4 is 5.49 Å². The summed E-state index contributed by atoms with van der Waals surface area (Å²) in [5.74, 6) is -0.729. The third-order valence-electron chi connectivity index (χ3n) is 4.74. The van der Waals surface area contributed by atoms with Crippen molar-refractivity contribution >= 4 is 11.5 Å². The molecule has 26 heavy (non-hydrogen) atoms. The number of nitriles is 1. The van der Waals surface area contributed by atoms with Gasteiger partial charge < -0.3 is 19.7 Å². The molecule has 0 spiro atoms. The van der Waals surface area contributed by atoms with Gasteiger partial charge in [-0.15, -0.1) is 0 Å². The highest BCUT2D eigenvalue weighted by atomic mass is 16.6. The Balaban J connectivity index is 1.80. The Morgan fingerprint density at radius 1 is 1.69 bits per heavy atom. The molecule has 2 aromatic rings. The Kier molecular flexibility index (Phi) is 3.53. The molecule has 0 unspecified atom stereocenters. The fourth-order valence-electron chi connectivity index (χ4n) is 3.18. The molecule has 4 atom stereocenters. The Bertz CT molecular complexity index is 1010. The van der Waals surface area contributed by atoms with E-state index in [0.29, 0.717) is 12.8 Å². The van der Waals surface area contributed by atoms with Crippen molar-refractivity contribution in [2.24, 2.45) is 5.92 Å². The first kappa shape index (κ1) is 15.5. The Hall–Kier alpha value is -2.74. The number of aromatic nitrogens is 3. The molecule has 10 heteroatoms. The molecule has 136 valence electrons. The van der Waals surface area contributed by atoms with Crippen LogP contribution in [0.15, 0.2) is 18.4 Å². The first-order valence-electron chi connectivity index (χ1n) is 8.62. The minimum Gasteiger partial charge on any atom is -0.456 e. The zero-order valence-electron chi connectivity index (χ0n) is 14.5. The van der Waals surface area contributed by atoms with Crippen LogP contribution in [0.1, 0.15) is 19.9 Å². The van der Waals surface area contributed by atoms with E-state index in [4.69, 9.17) is 16.3 Å². The maximum atomic E-state index is 12.0. The van der Waals surface area contributed by atoms with E-state index in [0.717, 1.165) is 0 Å². The minimum absolute atomic E-state index is 0.0526. The molecule has 1 aliphatic heterocycles. The summed E-state index contributed by atoms with van der Waals surface area (Å²) >= 11 is 0. The molecule has 2 aliphatic rings. The van der Waals surface area contributed by atoms with Gasteiger partial charge in [-0.2, -0.15) is 5.26 Å². The van der Waals surface area contributed by atoms with Crippen LogP contribution in [0, 0.1) is 22.7 Å². The number of esters is 1. The van der Waals surface area contributed by atoms with Crippen LogP contribution in [0.3, 0.4) is 0 Å². The average Bonchev–Trinajstić information content (AvgIpc) is 3.40. The van der Waals surface area contributed by atoms with Crippen molar-refractivity contribution < 1.29 is 25.9 Å². The fraction of sp³-hybridized carbons (Fsp3) is 0.500. The maximum Gasteiger partial charge on any atom is 0.309 e. The van der Waals surface area contributed by atoms with E-state index < -0.39 is 36.5 Å². The molecule has 2 fully saturated rings. The molecular formula is C16H17N5O5. The van der Waals surface area contributed by atoms with Crippen LogP contribution in [0.5, 0.6) is 0 Å². The topological polar surface area (TPSA) is 157 Å². The zero-order chi connectivity index (χ0) is 19.3. The first-order valence-corrected chi connectivity index (χ1v) is 8.12. The quantitative estimate of drug-likeness (QED) is 0.506. The second-order valence-electron chi connectivity index (χ2n) is 6.40. The number of fused-ring (bicyclic) bond motifs is 1. The first-order chi connectivity index (χ1) is 12.9. The highest BCUT2D eigenvalue weighted by Gasteiger charge is 2.59. The predicted molar refractivity (Wildman–Crippen MR) is 83.3 cm³/mol. The predicted octanol–water partition coefficient (Wildman–Crippen LogP) is -1.07. The lowest BCUT2D eigenvalue weighted by Gasteiger charge is -2.25. The molecule has 0 radical (unpaired) electrons. The molecule has 1 saturated heterocycles. The second kappa shape index (κ2) is 5.91. The highest BCUT2D eigenvalue weighted by Crippen LogP contribution is 2.42. The minimum atomic E-state index is -2.01. The van der Waals surface area contributed by atoms with Gasteiger partial charge in [0.2, 0.25) is 5.60 Å². The van der Waals surface area contributed by atoms with Gasteiger partial charge in [0.05, 0.1) is 19.6 Å². The molecule has 1 saturated carbocycles. The SMILES string of the molecule is [2H]c1cc([C@]2(C#N)O[C@H](CO)[C@@H](OC(=O)C3CC3)[C@H]2O)n2[nH]cnc(=N)c12. The summed E-state index contributed by atoms with van der Waals surface area (Å²) in [7, 11) is 0. The van der Waals surface area contributed by atoms with Crippen LogP contribution in [-0.4, -0.2) is 55.7 Å². The summed E-state index contributed by atoms with van der Waals surface area (Å²) in [6, 6.07) is 3.08. The van der Waals surface area contributed by atoms with Gasteiger partial charge in [0.1, 0.15) is 30.1 Å². The molecular weight excluding hydrogens is 342 g/mol. The maximum absolute atomic E-state index is 12.0. The number of aliphatic hydroxyl groups is 2. The normalized spacial score (nSPS) is 31.6. The lowest BCUT2D eigenvalue weighted by molar-refractivity contribution is -0.158. The molecule has 2 aromatic heterocycles. The van der Waals surface area contributed by atoms with Gasteiger partial charge in [-0.1, -0.05) is 0 Å². The van der Waals surface area contributed by atoms with E-state index in [1.165, 1.54) is 16.9 Å². The summed E-state index contributed by atoms with van der Waals surface area (Å²) in [6.45, 7) is -0.574. The van der Waals surface area contributed by atoms with Crippen molar-refractivity contribution in [1.82, 2.24) is 14.6 Å². The van der Waals surface area contributed by atoms with Gasteiger partial charge in [-0.3, -0.25) is 19.8 Å². The number of hydrogen-bond acceptors (Lipinski definition) is 8. The molecule has 0 aromatic carbocycles. The van der Waals surface area contributed by atoms with Gasteiger partial charge in [-0.25, -0.2) is 4.98 Å². The van der Waals surface area contributed by atoms with Crippen LogP contribution in [0.25, 0.3) is 5.52 Å². The van der Waals surface area contributed by atoms with Crippen LogP contribution in [-0.2, 0) is 19.9 Å². The van der Waals surface area contributed by atoms with Crippen molar-refractivity contribution in [2.75, 3.05) is 6.61 Å². The van der Waals surface area contributed by atoms with Crippen LogP contribution in [0.2, 0.25) is 0 Å². The summed E-state index contributed by atoms with van der Waals surface area (Å²) in [6.07, 6.45) is -1.33. The number of ether oxygens (including phenoxy) is 2. The molecule has 0 amide bonds. The third kappa shape index (κ3) is 2.33. The smallest absolute Gasteiger partial charge is 0.309 e. The van der Waals surface area contributed by atoms with Gasteiger partial charge in [0.25, 0.3) is 0 Å². The summed E-state index contributed by atoms with van der Waals surface area (Å²) in [4.78, 5) is 15.8. The van der Waals surface area contributed by atoms with Crippen molar-refractivity contribution in [3.05, 3.63) is 29.6 Å². The van der Waals surface area contributed by atoms with Gasteiger partial charge in [-0.05, 0) is 25.0 Å². The molecule has 1 aliphatic carbocycles. The number of carbonyl (C=O) groups excluding carboxylic acids is 1. The van der Waals surface area contributed by atoms with Crippen molar-refractivity contribution in [3.8, 4) is 6.07 Å². The Labute approximate surface area is 148 Å². The highest BCUT2D eigenvalue weighted by molar-refractivity contribution is 5.75. The number of aliphatic hydroxyl groups excluding tert-OH is 2. The monoisotopic (exact) mass is 360 g/mol. The van der Waals surface area contributed by atoms with Crippen molar-refractivity contribution in [2.45, 2.75) is 36.8 Å². The van der Waals surface area contributed by atoms with Gasteiger partial charge in [0.15, 0.2) is 11.6 Å². The fourth-order valence-corrected chi connectivity index (χ4v) is 3.18. The van der Waals surface area contributed by atoms with Crippen LogP contribution >= 0.6 is 0 Å². The number of rotatable bonds is 4. The number of H-pyrrole nitrogens is 1. The Morgan fingerprint density at radius 2 is 2.46 bits per heavy atom. The number of carbonyl (C=O) groups is 1. The Morgan fingerprint density at radius 3 is 3.12 bits per heavy atom. The van der Waals surface area contributed by atoms with E-state index in [-0.39, 0.29) is 28.7 Å². The zero-order valence-corrected chi connectivity index (χ0v) is 13.5. The largest absolute Gasteiger partial charge is 0.456 e. The van der Waals surface area contributed by atoms with E-state index in [1.54, 1.807) is 0 Å². The number of nitrogens with one attached hydrogen (secondary N) is 2. The van der Waals surface area contributed by atoms with E-state index >= 15 is 0 Å². The number of nitrogens with zero attached hydrogens (tertiary/aromatic N) is 3. The lowest BCUT2D eigenvalue weighted by atomic mass is 9.92. The molecule has 0 bridgehead atoms.